The second-order valence-corrected chi connectivity index (χ2v) is 2.81. The van der Waals surface area contributed by atoms with Crippen LogP contribution in [0.2, 0.25) is 0 Å². The fourth-order valence-electron chi connectivity index (χ4n) is 0.754. The smallest absolute Gasteiger partial charge is 0.222 e. The SMILES string of the molecule is C=CCOCCCNC(O)(O)CC. The molecule has 0 fully saturated rings. The Kier molecular flexibility index (Phi) is 6.80. The highest BCUT2D eigenvalue weighted by molar-refractivity contribution is 4.64. The fourth-order valence-corrected chi connectivity index (χ4v) is 0.754. The molecule has 0 spiro atoms. The first-order valence-corrected chi connectivity index (χ1v) is 4.51. The van der Waals surface area contributed by atoms with E-state index in [4.69, 9.17) is 14.9 Å². The molecule has 0 unspecified atom stereocenters. The van der Waals surface area contributed by atoms with Crippen LogP contribution in [0.3, 0.4) is 0 Å². The lowest BCUT2D eigenvalue weighted by Crippen LogP contribution is -2.44. The monoisotopic (exact) mass is 189 g/mol. The maximum atomic E-state index is 9.11. The highest BCUT2D eigenvalue weighted by Gasteiger charge is 2.17. The van der Waals surface area contributed by atoms with E-state index >= 15 is 0 Å². The average molecular weight is 189 g/mol. The summed E-state index contributed by atoms with van der Waals surface area (Å²) in [7, 11) is 0. The lowest BCUT2D eigenvalue weighted by atomic mass is 10.3. The molecule has 0 saturated heterocycles. The lowest BCUT2D eigenvalue weighted by Gasteiger charge is -2.20. The van der Waals surface area contributed by atoms with Crippen molar-refractivity contribution in [3.05, 3.63) is 12.7 Å². The molecule has 0 aliphatic carbocycles. The topological polar surface area (TPSA) is 61.7 Å². The minimum Gasteiger partial charge on any atom is -0.377 e. The molecule has 0 atom stereocenters. The zero-order chi connectivity index (χ0) is 10.2. The largest absolute Gasteiger partial charge is 0.377 e. The Labute approximate surface area is 79.2 Å². The molecule has 0 bridgehead atoms. The van der Waals surface area contributed by atoms with Crippen LogP contribution in [-0.2, 0) is 4.74 Å². The van der Waals surface area contributed by atoms with E-state index in [1.165, 1.54) is 0 Å². The number of nitrogens with one attached hydrogen (secondary N) is 1. The molecular weight excluding hydrogens is 170 g/mol. The molecule has 78 valence electrons. The van der Waals surface area contributed by atoms with Crippen molar-refractivity contribution in [1.82, 2.24) is 5.32 Å². The third kappa shape index (κ3) is 7.93. The summed E-state index contributed by atoms with van der Waals surface area (Å²) in [5.74, 6) is -1.74. The lowest BCUT2D eigenvalue weighted by molar-refractivity contribution is -0.186. The van der Waals surface area contributed by atoms with Gasteiger partial charge in [-0.05, 0) is 6.42 Å². The third-order valence-corrected chi connectivity index (χ3v) is 1.60. The van der Waals surface area contributed by atoms with E-state index < -0.39 is 5.91 Å². The Morgan fingerprint density at radius 1 is 1.54 bits per heavy atom. The van der Waals surface area contributed by atoms with E-state index in [2.05, 4.69) is 11.9 Å². The van der Waals surface area contributed by atoms with Crippen molar-refractivity contribution in [1.29, 1.82) is 0 Å². The number of hydrogen-bond donors (Lipinski definition) is 3. The first kappa shape index (κ1) is 12.6. The van der Waals surface area contributed by atoms with Gasteiger partial charge < -0.3 is 14.9 Å². The highest BCUT2D eigenvalue weighted by Crippen LogP contribution is 1.98. The van der Waals surface area contributed by atoms with Crippen molar-refractivity contribution < 1.29 is 14.9 Å². The molecule has 0 rings (SSSR count). The van der Waals surface area contributed by atoms with Gasteiger partial charge in [0, 0.05) is 19.6 Å². The van der Waals surface area contributed by atoms with Gasteiger partial charge in [-0.15, -0.1) is 6.58 Å². The van der Waals surface area contributed by atoms with Gasteiger partial charge >= 0.3 is 0 Å². The van der Waals surface area contributed by atoms with Crippen molar-refractivity contribution in [3.8, 4) is 0 Å². The second-order valence-electron chi connectivity index (χ2n) is 2.81. The van der Waals surface area contributed by atoms with Crippen LogP contribution in [0.25, 0.3) is 0 Å². The summed E-state index contributed by atoms with van der Waals surface area (Å²) >= 11 is 0. The Bertz CT molecular complexity index is 137. The van der Waals surface area contributed by atoms with E-state index in [9.17, 15) is 0 Å². The first-order valence-electron chi connectivity index (χ1n) is 4.51. The standard InChI is InChI=1S/C9H19NO3/c1-3-7-13-8-5-6-10-9(11,12)4-2/h3,10-12H,1,4-8H2,2H3. The van der Waals surface area contributed by atoms with Crippen LogP contribution < -0.4 is 5.32 Å². The van der Waals surface area contributed by atoms with Gasteiger partial charge in [-0.2, -0.15) is 0 Å². The van der Waals surface area contributed by atoms with Crippen LogP contribution in [0.1, 0.15) is 19.8 Å². The van der Waals surface area contributed by atoms with Crippen molar-refractivity contribution >= 4 is 0 Å². The second kappa shape index (κ2) is 7.03. The quantitative estimate of drug-likeness (QED) is 0.290. The zero-order valence-electron chi connectivity index (χ0n) is 8.12. The molecule has 0 saturated carbocycles. The Morgan fingerprint density at radius 3 is 2.77 bits per heavy atom. The molecular formula is C9H19NO3. The van der Waals surface area contributed by atoms with Gasteiger partial charge in [0.05, 0.1) is 6.61 Å². The number of ether oxygens (including phenoxy) is 1. The molecule has 0 heterocycles. The number of rotatable bonds is 8. The molecule has 4 heteroatoms. The Balaban J connectivity index is 3.20. The molecule has 0 amide bonds. The van der Waals surface area contributed by atoms with Gasteiger partial charge in [0.15, 0.2) is 0 Å². The fraction of sp³-hybridized carbons (Fsp3) is 0.778. The van der Waals surface area contributed by atoms with Crippen LogP contribution in [0, 0.1) is 0 Å². The Morgan fingerprint density at radius 2 is 2.23 bits per heavy atom. The predicted octanol–water partition coefficient (Wildman–Crippen LogP) is 0.217. The molecule has 4 nitrogen and oxygen atoms in total. The molecule has 0 radical (unpaired) electrons. The Hall–Kier alpha value is -0.420. The summed E-state index contributed by atoms with van der Waals surface area (Å²) in [4.78, 5) is 0. The van der Waals surface area contributed by atoms with E-state index in [0.717, 1.165) is 6.42 Å². The van der Waals surface area contributed by atoms with Crippen molar-refractivity contribution in [2.75, 3.05) is 19.8 Å². The van der Waals surface area contributed by atoms with E-state index in [1.807, 2.05) is 0 Å². The van der Waals surface area contributed by atoms with Crippen LogP contribution in [0.5, 0.6) is 0 Å². The van der Waals surface area contributed by atoms with Crippen molar-refractivity contribution in [2.45, 2.75) is 25.7 Å². The zero-order valence-corrected chi connectivity index (χ0v) is 8.12. The molecule has 0 aliphatic rings. The van der Waals surface area contributed by atoms with Gasteiger partial charge in [0.1, 0.15) is 0 Å². The highest BCUT2D eigenvalue weighted by atomic mass is 16.5. The van der Waals surface area contributed by atoms with E-state index in [0.29, 0.717) is 19.8 Å². The minimum atomic E-state index is -1.74. The summed E-state index contributed by atoms with van der Waals surface area (Å²) in [5.41, 5.74) is 0. The average Bonchev–Trinajstić information content (AvgIpc) is 2.11. The van der Waals surface area contributed by atoms with Crippen LogP contribution in [-0.4, -0.2) is 35.9 Å². The van der Waals surface area contributed by atoms with E-state index in [1.54, 1.807) is 13.0 Å². The van der Waals surface area contributed by atoms with Gasteiger partial charge in [0.25, 0.3) is 0 Å². The van der Waals surface area contributed by atoms with Gasteiger partial charge in [-0.1, -0.05) is 13.0 Å². The number of aliphatic hydroxyl groups is 2. The maximum absolute atomic E-state index is 9.11. The molecule has 3 N–H and O–H groups in total. The van der Waals surface area contributed by atoms with Crippen molar-refractivity contribution in [2.24, 2.45) is 0 Å². The van der Waals surface area contributed by atoms with Crippen LogP contribution in [0.4, 0.5) is 0 Å². The third-order valence-electron chi connectivity index (χ3n) is 1.60. The maximum Gasteiger partial charge on any atom is 0.222 e. The molecule has 0 aromatic carbocycles. The van der Waals surface area contributed by atoms with Crippen molar-refractivity contribution in [3.63, 3.8) is 0 Å². The van der Waals surface area contributed by atoms with Gasteiger partial charge in [0.2, 0.25) is 5.91 Å². The van der Waals surface area contributed by atoms with E-state index in [-0.39, 0.29) is 6.42 Å². The van der Waals surface area contributed by atoms with Crippen LogP contribution in [0.15, 0.2) is 12.7 Å². The summed E-state index contributed by atoms with van der Waals surface area (Å²) in [6.07, 6.45) is 2.69. The summed E-state index contributed by atoms with van der Waals surface area (Å²) in [6, 6.07) is 0. The number of hydrogen-bond acceptors (Lipinski definition) is 4. The normalized spacial score (nSPS) is 11.6. The summed E-state index contributed by atoms with van der Waals surface area (Å²) in [5, 5.41) is 20.8. The van der Waals surface area contributed by atoms with Gasteiger partial charge in [-0.25, -0.2) is 0 Å². The van der Waals surface area contributed by atoms with Gasteiger partial charge in [-0.3, -0.25) is 5.32 Å². The predicted molar refractivity (Wildman–Crippen MR) is 51.1 cm³/mol. The summed E-state index contributed by atoms with van der Waals surface area (Å²) in [6.45, 7) is 6.87. The minimum absolute atomic E-state index is 0.264. The van der Waals surface area contributed by atoms with Crippen LogP contribution >= 0.6 is 0 Å². The molecule has 13 heavy (non-hydrogen) atoms. The summed E-state index contributed by atoms with van der Waals surface area (Å²) < 4.78 is 5.11. The molecule has 0 aromatic heterocycles. The molecule has 0 aliphatic heterocycles. The first-order chi connectivity index (χ1) is 6.12. The molecule has 0 aromatic rings.